The van der Waals surface area contributed by atoms with Crippen LogP contribution in [0.1, 0.15) is 29.0 Å². The molecule has 2 nitrogen and oxygen atoms in total. The number of aryl methyl sites for hydroxylation is 1. The molecule has 1 atom stereocenters. The van der Waals surface area contributed by atoms with Gasteiger partial charge < -0.3 is 9.47 Å². The van der Waals surface area contributed by atoms with Gasteiger partial charge in [-0.15, -0.1) is 0 Å². The zero-order chi connectivity index (χ0) is 35.1. The molecule has 1 aliphatic carbocycles. The van der Waals surface area contributed by atoms with E-state index in [1.165, 1.54) is 72.1 Å². The Labute approximate surface area is 310 Å². The summed E-state index contributed by atoms with van der Waals surface area (Å²) in [6.45, 7) is 0. The molecule has 0 amide bonds. The van der Waals surface area contributed by atoms with Gasteiger partial charge in [-0.2, -0.15) is 0 Å². The number of nitrogens with zero attached hydrogens (tertiary/aromatic N) is 2. The number of fused-ring (bicyclic) bond motifs is 7. The first kappa shape index (κ1) is 31.1. The zero-order valence-corrected chi connectivity index (χ0v) is 29.4. The van der Waals surface area contributed by atoms with E-state index in [4.69, 9.17) is 0 Å². The summed E-state index contributed by atoms with van der Waals surface area (Å²) in [5.74, 6) is 0.279. The third-order valence-corrected chi connectivity index (χ3v) is 11.0. The van der Waals surface area contributed by atoms with Crippen LogP contribution in [0.5, 0.6) is 0 Å². The lowest BCUT2D eigenvalue weighted by atomic mass is 9.84. The van der Waals surface area contributed by atoms with Crippen molar-refractivity contribution in [2.45, 2.75) is 18.8 Å². The van der Waals surface area contributed by atoms with Crippen LogP contribution < -0.4 is 4.90 Å². The molecule has 53 heavy (non-hydrogen) atoms. The predicted molar refractivity (Wildman–Crippen MR) is 223 cm³/mol. The van der Waals surface area contributed by atoms with Crippen molar-refractivity contribution in [3.8, 4) is 27.9 Å². The van der Waals surface area contributed by atoms with Crippen LogP contribution in [0.3, 0.4) is 0 Å². The molecular formula is C51H38N2. The van der Waals surface area contributed by atoms with Gasteiger partial charge in [-0.25, -0.2) is 0 Å². The molecule has 9 aromatic rings. The fourth-order valence-corrected chi connectivity index (χ4v) is 8.63. The van der Waals surface area contributed by atoms with E-state index in [1.54, 1.807) is 0 Å². The van der Waals surface area contributed by atoms with E-state index in [-0.39, 0.29) is 5.92 Å². The Morgan fingerprint density at radius 1 is 0.472 bits per heavy atom. The molecule has 0 N–H and O–H groups in total. The molecule has 0 radical (unpaired) electrons. The van der Waals surface area contributed by atoms with Crippen LogP contribution in [0.25, 0.3) is 49.7 Å². The molecule has 252 valence electrons. The minimum atomic E-state index is 0.279. The lowest BCUT2D eigenvalue weighted by molar-refractivity contribution is 0.726. The van der Waals surface area contributed by atoms with Crippen LogP contribution >= 0.6 is 0 Å². The molecule has 2 heteroatoms. The second kappa shape index (κ2) is 13.2. The molecule has 0 bridgehead atoms. The maximum absolute atomic E-state index is 2.46. The number of benzene rings is 8. The van der Waals surface area contributed by atoms with E-state index in [1.807, 2.05) is 0 Å². The Kier molecular flexibility index (Phi) is 7.73. The molecule has 0 aliphatic heterocycles. The summed E-state index contributed by atoms with van der Waals surface area (Å²) in [5.41, 5.74) is 16.4. The van der Waals surface area contributed by atoms with E-state index in [0.29, 0.717) is 0 Å². The Morgan fingerprint density at radius 2 is 1.08 bits per heavy atom. The molecule has 0 saturated heterocycles. The van der Waals surface area contributed by atoms with Crippen molar-refractivity contribution in [2.75, 3.05) is 4.90 Å². The zero-order valence-electron chi connectivity index (χ0n) is 29.4. The maximum atomic E-state index is 2.46. The number of anilines is 3. The topological polar surface area (TPSA) is 8.17 Å². The first-order valence-electron chi connectivity index (χ1n) is 18.6. The Balaban J connectivity index is 1.19. The highest BCUT2D eigenvalue weighted by atomic mass is 15.1. The van der Waals surface area contributed by atoms with Crippen molar-refractivity contribution in [2.24, 2.45) is 0 Å². The van der Waals surface area contributed by atoms with Gasteiger partial charge in [0, 0.05) is 39.4 Å². The van der Waals surface area contributed by atoms with Crippen LogP contribution in [-0.4, -0.2) is 4.57 Å². The lowest BCUT2D eigenvalue weighted by Crippen LogP contribution is -2.10. The monoisotopic (exact) mass is 678 g/mol. The van der Waals surface area contributed by atoms with Gasteiger partial charge in [0.2, 0.25) is 0 Å². The Bertz CT molecular complexity index is 2700. The normalized spacial score (nSPS) is 13.7. The SMILES string of the molecule is c1ccc(-c2ccc(N(c3ccccc3)c3ccc4c(c3)CCC(c3ccccc3)c3ccc5c(c3-4)c3ccccc3n5-c3ccccc3)cc2)cc1. The third-order valence-electron chi connectivity index (χ3n) is 11.0. The van der Waals surface area contributed by atoms with Gasteiger partial charge in [-0.1, -0.05) is 140 Å². The van der Waals surface area contributed by atoms with Gasteiger partial charge in [0.1, 0.15) is 0 Å². The second-order valence-corrected chi connectivity index (χ2v) is 14.0. The molecule has 0 saturated carbocycles. The van der Waals surface area contributed by atoms with Crippen molar-refractivity contribution in [1.29, 1.82) is 0 Å². The minimum Gasteiger partial charge on any atom is -0.310 e. The predicted octanol–water partition coefficient (Wildman–Crippen LogP) is 13.7. The number of para-hydroxylation sites is 3. The summed E-state index contributed by atoms with van der Waals surface area (Å²) >= 11 is 0. The smallest absolute Gasteiger partial charge is 0.0547 e. The number of hydrogen-bond donors (Lipinski definition) is 0. The van der Waals surface area contributed by atoms with E-state index < -0.39 is 0 Å². The minimum absolute atomic E-state index is 0.279. The second-order valence-electron chi connectivity index (χ2n) is 14.0. The van der Waals surface area contributed by atoms with Crippen LogP contribution in [0.2, 0.25) is 0 Å². The van der Waals surface area contributed by atoms with E-state index in [2.05, 4.69) is 210 Å². The molecule has 0 spiro atoms. The van der Waals surface area contributed by atoms with Crippen molar-refractivity contribution in [3.63, 3.8) is 0 Å². The molecule has 8 aromatic carbocycles. The molecule has 1 heterocycles. The van der Waals surface area contributed by atoms with Gasteiger partial charge in [-0.05, 0) is 112 Å². The van der Waals surface area contributed by atoms with Gasteiger partial charge in [0.25, 0.3) is 0 Å². The number of hydrogen-bond acceptors (Lipinski definition) is 1. The largest absolute Gasteiger partial charge is 0.310 e. The van der Waals surface area contributed by atoms with Gasteiger partial charge in [-0.3, -0.25) is 0 Å². The third kappa shape index (κ3) is 5.43. The standard InChI is InChI=1S/C51H38N2/c1-5-15-36(16-6-1)37-25-28-42(29-26-37)52(40-19-9-3-10-20-40)43-30-32-45-39(35-43)27-31-44(38-17-7-2-8-18-38)46-33-34-49-51(50(45)46)47-23-13-14-24-48(47)53(49)41-21-11-4-12-22-41/h1-26,28-30,32-35,44H,27,31H2. The summed E-state index contributed by atoms with van der Waals surface area (Å²) in [6, 6.07) is 73.2. The average molecular weight is 679 g/mol. The highest BCUT2D eigenvalue weighted by Gasteiger charge is 2.28. The van der Waals surface area contributed by atoms with E-state index in [9.17, 15) is 0 Å². The molecular weight excluding hydrogens is 641 g/mol. The van der Waals surface area contributed by atoms with Crippen LogP contribution in [0.4, 0.5) is 17.1 Å². The first-order valence-corrected chi connectivity index (χ1v) is 18.6. The quantitative estimate of drug-likeness (QED) is 0.170. The first-order chi connectivity index (χ1) is 26.3. The molecule has 0 fully saturated rings. The maximum Gasteiger partial charge on any atom is 0.0547 e. The highest BCUT2D eigenvalue weighted by molar-refractivity contribution is 6.17. The fourth-order valence-electron chi connectivity index (χ4n) is 8.63. The van der Waals surface area contributed by atoms with Gasteiger partial charge in [0.05, 0.1) is 11.0 Å². The van der Waals surface area contributed by atoms with Crippen molar-refractivity contribution in [1.82, 2.24) is 4.57 Å². The average Bonchev–Trinajstić information content (AvgIpc) is 3.48. The summed E-state index contributed by atoms with van der Waals surface area (Å²) in [6.07, 6.45) is 2.01. The van der Waals surface area contributed by atoms with E-state index >= 15 is 0 Å². The molecule has 1 aliphatic rings. The summed E-state index contributed by atoms with van der Waals surface area (Å²) in [7, 11) is 0. The van der Waals surface area contributed by atoms with Crippen LogP contribution in [0, 0.1) is 0 Å². The number of aromatic nitrogens is 1. The van der Waals surface area contributed by atoms with Crippen molar-refractivity contribution < 1.29 is 0 Å². The van der Waals surface area contributed by atoms with E-state index in [0.717, 1.165) is 24.2 Å². The Hall–Kier alpha value is -6.64. The fraction of sp³-hybridized carbons (Fsp3) is 0.0588. The lowest BCUT2D eigenvalue weighted by Gasteiger charge is -2.27. The molecule has 1 unspecified atom stereocenters. The Morgan fingerprint density at radius 3 is 1.83 bits per heavy atom. The summed E-state index contributed by atoms with van der Waals surface area (Å²) in [5, 5.41) is 2.62. The molecule has 1 aromatic heterocycles. The summed E-state index contributed by atoms with van der Waals surface area (Å²) < 4.78 is 2.44. The van der Waals surface area contributed by atoms with Crippen molar-refractivity contribution in [3.05, 3.63) is 217 Å². The van der Waals surface area contributed by atoms with Gasteiger partial charge in [0.15, 0.2) is 0 Å². The van der Waals surface area contributed by atoms with Gasteiger partial charge >= 0.3 is 0 Å². The highest BCUT2D eigenvalue weighted by Crippen LogP contribution is 2.49. The molecule has 10 rings (SSSR count). The number of rotatable bonds is 6. The van der Waals surface area contributed by atoms with Crippen molar-refractivity contribution >= 4 is 38.9 Å². The van der Waals surface area contributed by atoms with Crippen LogP contribution in [-0.2, 0) is 6.42 Å². The summed E-state index contributed by atoms with van der Waals surface area (Å²) in [4.78, 5) is 2.40. The van der Waals surface area contributed by atoms with Crippen LogP contribution in [0.15, 0.2) is 200 Å².